The summed E-state index contributed by atoms with van der Waals surface area (Å²) in [6, 6.07) is 7.35. The first-order chi connectivity index (χ1) is 9.67. The van der Waals surface area contributed by atoms with Crippen LogP contribution in [0.5, 0.6) is 0 Å². The van der Waals surface area contributed by atoms with Crippen molar-refractivity contribution in [3.63, 3.8) is 0 Å². The molecule has 3 rings (SSSR count). The molecule has 0 radical (unpaired) electrons. The molecular weight excluding hydrogens is 315 g/mol. The highest BCUT2D eigenvalue weighted by atomic mass is 35.5. The maximum Gasteiger partial charge on any atom is 0.225 e. The van der Waals surface area contributed by atoms with Crippen LogP contribution in [-0.2, 0) is 0 Å². The Bertz CT molecular complexity index is 772. The highest BCUT2D eigenvalue weighted by Gasteiger charge is 2.09. The molecule has 0 saturated heterocycles. The van der Waals surface area contributed by atoms with E-state index in [2.05, 4.69) is 20.6 Å². The Morgan fingerprint density at radius 1 is 1.10 bits per heavy atom. The molecule has 20 heavy (non-hydrogen) atoms. The molecule has 2 aromatic heterocycles. The fourth-order valence-electron chi connectivity index (χ4n) is 1.77. The minimum absolute atomic E-state index is 0.501. The highest BCUT2D eigenvalue weighted by molar-refractivity contribution is 7.16. The molecule has 4 nitrogen and oxygen atoms in total. The third-order valence-corrected chi connectivity index (χ3v) is 4.28. The average Bonchev–Trinajstić information content (AvgIpc) is 2.91. The Balaban J connectivity index is 2.04. The van der Waals surface area contributed by atoms with Gasteiger partial charge in [-0.3, -0.25) is 0 Å². The van der Waals surface area contributed by atoms with Crippen LogP contribution in [0.2, 0.25) is 10.0 Å². The van der Waals surface area contributed by atoms with Gasteiger partial charge in [-0.25, -0.2) is 4.98 Å². The molecule has 2 heterocycles. The highest BCUT2D eigenvalue weighted by Crippen LogP contribution is 2.31. The van der Waals surface area contributed by atoms with Crippen molar-refractivity contribution in [2.75, 3.05) is 17.7 Å². The Morgan fingerprint density at radius 2 is 1.95 bits per heavy atom. The monoisotopic (exact) mass is 324 g/mol. The number of hydrogen-bond acceptors (Lipinski definition) is 5. The molecule has 0 aliphatic rings. The summed E-state index contributed by atoms with van der Waals surface area (Å²) in [7, 11) is 1.79. The number of hydrogen-bond donors (Lipinski definition) is 2. The molecule has 0 spiro atoms. The Labute approximate surface area is 129 Å². The molecular formula is C13H10Cl2N4S. The Morgan fingerprint density at radius 3 is 2.70 bits per heavy atom. The van der Waals surface area contributed by atoms with E-state index >= 15 is 0 Å². The summed E-state index contributed by atoms with van der Waals surface area (Å²) in [6.45, 7) is 0. The fraction of sp³-hybridized carbons (Fsp3) is 0.0769. The van der Waals surface area contributed by atoms with E-state index in [9.17, 15) is 0 Å². The van der Waals surface area contributed by atoms with E-state index in [-0.39, 0.29) is 0 Å². The van der Waals surface area contributed by atoms with Crippen molar-refractivity contribution < 1.29 is 0 Å². The van der Waals surface area contributed by atoms with Gasteiger partial charge in [0, 0.05) is 12.7 Å². The van der Waals surface area contributed by atoms with Crippen LogP contribution in [0.1, 0.15) is 0 Å². The minimum Gasteiger partial charge on any atom is -0.357 e. The maximum absolute atomic E-state index is 6.02. The molecule has 0 atom stereocenters. The van der Waals surface area contributed by atoms with Gasteiger partial charge >= 0.3 is 0 Å². The van der Waals surface area contributed by atoms with E-state index in [1.807, 2.05) is 17.5 Å². The second-order valence-electron chi connectivity index (χ2n) is 4.04. The van der Waals surface area contributed by atoms with Crippen LogP contribution in [0.25, 0.3) is 10.2 Å². The second kappa shape index (κ2) is 5.44. The fourth-order valence-corrected chi connectivity index (χ4v) is 2.84. The minimum atomic E-state index is 0.501. The van der Waals surface area contributed by atoms with E-state index in [1.165, 1.54) is 0 Å². The quantitative estimate of drug-likeness (QED) is 0.727. The molecule has 7 heteroatoms. The number of thiophene rings is 1. The topological polar surface area (TPSA) is 49.8 Å². The molecule has 0 saturated carbocycles. The second-order valence-corrected chi connectivity index (χ2v) is 5.75. The van der Waals surface area contributed by atoms with Gasteiger partial charge in [0.1, 0.15) is 10.6 Å². The van der Waals surface area contributed by atoms with Crippen LogP contribution in [0, 0.1) is 0 Å². The van der Waals surface area contributed by atoms with Crippen LogP contribution in [0.15, 0.2) is 29.6 Å². The maximum atomic E-state index is 6.02. The van der Waals surface area contributed by atoms with Gasteiger partial charge in [0.25, 0.3) is 0 Å². The number of nitrogens with zero attached hydrogens (tertiary/aromatic N) is 2. The first-order valence-corrected chi connectivity index (χ1v) is 7.46. The van der Waals surface area contributed by atoms with Crippen molar-refractivity contribution in [1.82, 2.24) is 9.97 Å². The molecule has 0 bridgehead atoms. The van der Waals surface area contributed by atoms with E-state index in [1.54, 1.807) is 30.5 Å². The lowest BCUT2D eigenvalue weighted by molar-refractivity contribution is 1.20. The average molecular weight is 325 g/mol. The third-order valence-electron chi connectivity index (χ3n) is 2.73. The van der Waals surface area contributed by atoms with Crippen LogP contribution in [0.3, 0.4) is 0 Å². The number of aromatic nitrogens is 2. The lowest BCUT2D eigenvalue weighted by atomic mass is 10.3. The van der Waals surface area contributed by atoms with Crippen molar-refractivity contribution in [3.05, 3.63) is 39.7 Å². The summed E-state index contributed by atoms with van der Waals surface area (Å²) < 4.78 is 0. The van der Waals surface area contributed by atoms with E-state index in [0.29, 0.717) is 16.0 Å². The summed E-state index contributed by atoms with van der Waals surface area (Å²) in [5.74, 6) is 1.31. The van der Waals surface area contributed by atoms with Gasteiger partial charge in [-0.05, 0) is 29.6 Å². The molecule has 1 aromatic carbocycles. The van der Waals surface area contributed by atoms with Gasteiger partial charge in [0.2, 0.25) is 5.95 Å². The van der Waals surface area contributed by atoms with Crippen LogP contribution >= 0.6 is 34.5 Å². The van der Waals surface area contributed by atoms with Gasteiger partial charge in [-0.1, -0.05) is 23.2 Å². The normalized spacial score (nSPS) is 10.8. The first-order valence-electron chi connectivity index (χ1n) is 5.82. The first kappa shape index (κ1) is 13.4. The molecule has 3 aromatic rings. The summed E-state index contributed by atoms with van der Waals surface area (Å²) in [5.41, 5.74) is 0.827. The zero-order chi connectivity index (χ0) is 14.1. The van der Waals surface area contributed by atoms with Crippen molar-refractivity contribution in [3.8, 4) is 0 Å². The predicted octanol–water partition coefficient (Wildman–Crippen LogP) is 4.78. The Hall–Kier alpha value is -1.56. The molecule has 102 valence electrons. The van der Waals surface area contributed by atoms with Gasteiger partial charge in [-0.2, -0.15) is 4.98 Å². The number of benzene rings is 1. The largest absolute Gasteiger partial charge is 0.357 e. The van der Waals surface area contributed by atoms with E-state index in [0.717, 1.165) is 21.7 Å². The molecule has 0 aliphatic carbocycles. The van der Waals surface area contributed by atoms with Crippen molar-refractivity contribution >= 4 is 62.2 Å². The van der Waals surface area contributed by atoms with Crippen LogP contribution in [-0.4, -0.2) is 17.0 Å². The van der Waals surface area contributed by atoms with Gasteiger partial charge in [0.05, 0.1) is 15.4 Å². The van der Waals surface area contributed by atoms with Crippen LogP contribution < -0.4 is 10.6 Å². The standard InChI is InChI=1S/C13H10Cl2N4S/c1-16-13-18-11(8-4-5-20-12(8)19-13)17-7-2-3-9(14)10(15)6-7/h2-6H,1H3,(H2,16,17,18,19). The van der Waals surface area contributed by atoms with Crippen LogP contribution in [0.4, 0.5) is 17.5 Å². The third kappa shape index (κ3) is 2.52. The molecule has 0 unspecified atom stereocenters. The molecule has 0 aliphatic heterocycles. The molecule has 0 amide bonds. The number of fused-ring (bicyclic) bond motifs is 1. The SMILES string of the molecule is CNc1nc(Nc2ccc(Cl)c(Cl)c2)c2ccsc2n1. The molecule has 2 N–H and O–H groups in total. The lowest BCUT2D eigenvalue weighted by Gasteiger charge is -2.09. The predicted molar refractivity (Wildman–Crippen MR) is 86.7 cm³/mol. The number of nitrogens with one attached hydrogen (secondary N) is 2. The number of halogens is 2. The van der Waals surface area contributed by atoms with Gasteiger partial charge in [-0.15, -0.1) is 11.3 Å². The number of anilines is 3. The smallest absolute Gasteiger partial charge is 0.225 e. The van der Waals surface area contributed by atoms with Gasteiger partial charge in [0.15, 0.2) is 0 Å². The van der Waals surface area contributed by atoms with Crippen molar-refractivity contribution in [2.45, 2.75) is 0 Å². The summed E-state index contributed by atoms with van der Waals surface area (Å²) in [6.07, 6.45) is 0. The Kier molecular flexibility index (Phi) is 3.65. The lowest BCUT2D eigenvalue weighted by Crippen LogP contribution is -2.00. The van der Waals surface area contributed by atoms with Crippen molar-refractivity contribution in [2.24, 2.45) is 0 Å². The summed E-state index contributed by atoms with van der Waals surface area (Å²) in [5, 5.41) is 10.2. The summed E-state index contributed by atoms with van der Waals surface area (Å²) >= 11 is 13.5. The van der Waals surface area contributed by atoms with Gasteiger partial charge < -0.3 is 10.6 Å². The number of rotatable bonds is 3. The zero-order valence-corrected chi connectivity index (χ0v) is 12.8. The van der Waals surface area contributed by atoms with E-state index < -0.39 is 0 Å². The van der Waals surface area contributed by atoms with E-state index in [4.69, 9.17) is 23.2 Å². The summed E-state index contributed by atoms with van der Waals surface area (Å²) in [4.78, 5) is 9.76. The zero-order valence-electron chi connectivity index (χ0n) is 10.4. The molecule has 0 fully saturated rings. The van der Waals surface area contributed by atoms with Crippen molar-refractivity contribution in [1.29, 1.82) is 0 Å².